The van der Waals surface area contributed by atoms with Crippen LogP contribution in [-0.4, -0.2) is 23.5 Å². The molecule has 0 aromatic heterocycles. The third-order valence-corrected chi connectivity index (χ3v) is 7.57. The van der Waals surface area contributed by atoms with E-state index in [-0.39, 0.29) is 18.0 Å². The lowest BCUT2D eigenvalue weighted by Crippen LogP contribution is -2.34. The van der Waals surface area contributed by atoms with Crippen molar-refractivity contribution in [3.63, 3.8) is 0 Å². The van der Waals surface area contributed by atoms with Gasteiger partial charge in [-0.3, -0.25) is 4.79 Å². The Kier molecular flexibility index (Phi) is 8.58. The van der Waals surface area contributed by atoms with Crippen LogP contribution in [0.25, 0.3) is 0 Å². The number of carboxylic acids is 1. The van der Waals surface area contributed by atoms with Gasteiger partial charge in [0.2, 0.25) is 0 Å². The second-order valence-corrected chi connectivity index (χ2v) is 10.5. The number of carboxylic acid groups (broad SMARTS) is 1. The van der Waals surface area contributed by atoms with Gasteiger partial charge in [-0.1, -0.05) is 25.5 Å². The van der Waals surface area contributed by atoms with E-state index in [9.17, 15) is 14.9 Å². The molecule has 0 amide bonds. The first-order valence-electron chi connectivity index (χ1n) is 12.8. The van der Waals surface area contributed by atoms with Crippen LogP contribution in [0.3, 0.4) is 0 Å². The minimum absolute atomic E-state index is 0.0849. The van der Waals surface area contributed by atoms with Gasteiger partial charge in [0, 0.05) is 23.4 Å². The molecule has 1 heterocycles. The number of rotatable bonds is 9. The Morgan fingerprint density at radius 1 is 1.18 bits per heavy atom. The molecular weight excluding hydrogens is 548 g/mol. The molecule has 2 aromatic carbocycles. The van der Waals surface area contributed by atoms with E-state index in [4.69, 9.17) is 14.6 Å². The van der Waals surface area contributed by atoms with E-state index in [1.54, 1.807) is 12.1 Å². The zero-order chi connectivity index (χ0) is 27.4. The normalized spacial score (nSPS) is 19.0. The number of hydrogen-bond donors (Lipinski definition) is 2. The Morgan fingerprint density at radius 2 is 1.92 bits per heavy atom. The second-order valence-electron chi connectivity index (χ2n) is 9.64. The highest BCUT2D eigenvalue weighted by molar-refractivity contribution is 9.10. The Hall–Kier alpha value is -3.57. The predicted molar refractivity (Wildman–Crippen MR) is 147 cm³/mol. The van der Waals surface area contributed by atoms with Gasteiger partial charge in [0.05, 0.1) is 34.2 Å². The van der Waals surface area contributed by atoms with E-state index in [0.717, 1.165) is 41.8 Å². The van der Waals surface area contributed by atoms with Gasteiger partial charge in [-0.25, -0.2) is 4.79 Å². The lowest BCUT2D eigenvalue weighted by molar-refractivity contribution is -0.117. The summed E-state index contributed by atoms with van der Waals surface area (Å²) in [6.07, 6.45) is 3.30. The van der Waals surface area contributed by atoms with Crippen molar-refractivity contribution in [1.82, 2.24) is 5.32 Å². The van der Waals surface area contributed by atoms with Crippen molar-refractivity contribution < 1.29 is 24.2 Å². The lowest BCUT2D eigenvalue weighted by atomic mass is 9.72. The molecule has 1 aliphatic heterocycles. The zero-order valence-corrected chi connectivity index (χ0v) is 23.4. The van der Waals surface area contributed by atoms with Crippen LogP contribution in [0.2, 0.25) is 0 Å². The summed E-state index contributed by atoms with van der Waals surface area (Å²) in [4.78, 5) is 24.5. The van der Waals surface area contributed by atoms with Crippen molar-refractivity contribution in [2.75, 3.05) is 6.61 Å². The van der Waals surface area contributed by atoms with E-state index >= 15 is 0 Å². The molecule has 2 aromatic rings. The monoisotopic (exact) mass is 578 g/mol. The second kappa shape index (κ2) is 11.9. The Balaban J connectivity index is 1.70. The van der Waals surface area contributed by atoms with Gasteiger partial charge >= 0.3 is 5.97 Å². The highest BCUT2D eigenvalue weighted by atomic mass is 79.9. The maximum atomic E-state index is 13.4. The number of aromatic carboxylic acids is 1. The van der Waals surface area contributed by atoms with Crippen molar-refractivity contribution in [2.24, 2.45) is 5.92 Å². The van der Waals surface area contributed by atoms with Gasteiger partial charge in [0.1, 0.15) is 6.61 Å². The smallest absolute Gasteiger partial charge is 0.335 e. The predicted octanol–water partition coefficient (Wildman–Crippen LogP) is 6.64. The number of nitriles is 1. The number of ketones is 1. The highest BCUT2D eigenvalue weighted by Crippen LogP contribution is 2.47. The third-order valence-electron chi connectivity index (χ3n) is 6.98. The fourth-order valence-corrected chi connectivity index (χ4v) is 5.84. The first-order chi connectivity index (χ1) is 18.3. The van der Waals surface area contributed by atoms with E-state index < -0.39 is 11.9 Å². The largest absolute Gasteiger partial charge is 0.490 e. The van der Waals surface area contributed by atoms with Crippen molar-refractivity contribution in [1.29, 1.82) is 5.26 Å². The number of Topliss-reactive ketones (excluding diaryl/α,β-unsaturated/α-hetero) is 1. The van der Waals surface area contributed by atoms with E-state index in [0.29, 0.717) is 46.1 Å². The maximum absolute atomic E-state index is 13.4. The minimum atomic E-state index is -0.982. The molecule has 38 heavy (non-hydrogen) atoms. The molecule has 2 unspecified atom stereocenters. The molecule has 1 aliphatic carbocycles. The molecule has 0 radical (unpaired) electrons. The summed E-state index contributed by atoms with van der Waals surface area (Å²) in [6.45, 7) is 6.50. The van der Waals surface area contributed by atoms with Gasteiger partial charge in [-0.05, 0) is 83.9 Å². The fraction of sp³-hybridized carbons (Fsp3) is 0.367. The first kappa shape index (κ1) is 27.5. The highest BCUT2D eigenvalue weighted by Gasteiger charge is 2.39. The Bertz CT molecular complexity index is 1350. The Morgan fingerprint density at radius 3 is 2.55 bits per heavy atom. The van der Waals surface area contributed by atoms with Crippen LogP contribution in [0.5, 0.6) is 11.5 Å². The van der Waals surface area contributed by atoms with Crippen molar-refractivity contribution in [3.8, 4) is 17.6 Å². The summed E-state index contributed by atoms with van der Waals surface area (Å²) in [6, 6.07) is 12.6. The molecule has 0 saturated carbocycles. The molecule has 2 N–H and O–H groups in total. The van der Waals surface area contributed by atoms with Gasteiger partial charge in [0.15, 0.2) is 17.3 Å². The molecule has 4 rings (SSSR count). The number of hydrogen-bond acceptors (Lipinski definition) is 6. The molecule has 8 heteroatoms. The summed E-state index contributed by atoms with van der Waals surface area (Å²) in [5.41, 5.74) is 4.67. The van der Waals surface area contributed by atoms with E-state index in [1.165, 1.54) is 12.1 Å². The fourth-order valence-electron chi connectivity index (χ4n) is 5.27. The summed E-state index contributed by atoms with van der Waals surface area (Å²) in [5, 5.41) is 22.6. The van der Waals surface area contributed by atoms with Gasteiger partial charge in [0.25, 0.3) is 0 Å². The summed E-state index contributed by atoms with van der Waals surface area (Å²) in [7, 11) is 0. The number of dihydropyridines is 1. The molecule has 0 fully saturated rings. The standard InChI is InChI=1S/C30H31BrN2O5/c1-4-6-19-11-24-28(25(34)12-19)27(22(15-32)17(3)33-24)21-13-23(31)29(26(14-21)37-5-2)38-16-18-7-9-20(10-8-18)30(35)36/h7-10,13-14,19,27,33H,4-6,11-12,16H2,1-3H3,(H,35,36). The van der Waals surface area contributed by atoms with E-state index in [1.807, 2.05) is 26.0 Å². The van der Waals surface area contributed by atoms with Crippen LogP contribution in [0.15, 0.2) is 63.4 Å². The summed E-state index contributed by atoms with van der Waals surface area (Å²) >= 11 is 3.63. The lowest BCUT2D eigenvalue weighted by Gasteiger charge is -2.35. The molecule has 0 spiro atoms. The third kappa shape index (κ3) is 5.63. The van der Waals surface area contributed by atoms with Crippen LogP contribution in [0, 0.1) is 17.2 Å². The zero-order valence-electron chi connectivity index (χ0n) is 21.8. The first-order valence-corrected chi connectivity index (χ1v) is 13.6. The van der Waals surface area contributed by atoms with Crippen molar-refractivity contribution in [2.45, 2.75) is 59.0 Å². The molecule has 7 nitrogen and oxygen atoms in total. The number of halogens is 1. The molecule has 2 atom stereocenters. The Labute approximate surface area is 231 Å². The van der Waals surface area contributed by atoms with Crippen LogP contribution in [0.1, 0.15) is 73.9 Å². The number of nitrogens with one attached hydrogen (secondary N) is 1. The SMILES string of the molecule is CCCC1CC(=O)C2=C(C1)NC(C)=C(C#N)C2c1cc(Br)c(OCc2ccc(C(=O)O)cc2)c(OCC)c1. The molecule has 2 aliphatic rings. The van der Waals surface area contributed by atoms with Crippen LogP contribution in [-0.2, 0) is 11.4 Å². The van der Waals surface area contributed by atoms with Crippen molar-refractivity contribution in [3.05, 3.63) is 80.1 Å². The van der Waals surface area contributed by atoms with Gasteiger partial charge < -0.3 is 19.9 Å². The molecular formula is C30H31BrN2O5. The molecule has 198 valence electrons. The number of nitrogens with zero attached hydrogens (tertiary/aromatic N) is 1. The van der Waals surface area contributed by atoms with Crippen molar-refractivity contribution >= 4 is 27.7 Å². The van der Waals surface area contributed by atoms with Gasteiger partial charge in [-0.15, -0.1) is 0 Å². The number of carbonyl (C=O) groups is 2. The number of carbonyl (C=O) groups excluding carboxylic acids is 1. The van der Waals surface area contributed by atoms with Crippen LogP contribution in [0.4, 0.5) is 0 Å². The number of benzene rings is 2. The molecule has 0 saturated heterocycles. The average Bonchev–Trinajstić information content (AvgIpc) is 2.88. The van der Waals surface area contributed by atoms with E-state index in [2.05, 4.69) is 34.2 Å². The number of allylic oxidation sites excluding steroid dienone is 4. The minimum Gasteiger partial charge on any atom is -0.490 e. The maximum Gasteiger partial charge on any atom is 0.335 e. The number of ether oxygens (including phenoxy) is 2. The summed E-state index contributed by atoms with van der Waals surface area (Å²) < 4.78 is 12.7. The average molecular weight is 579 g/mol. The summed E-state index contributed by atoms with van der Waals surface area (Å²) in [5.74, 6) is -0.0769. The van der Waals surface area contributed by atoms with Crippen LogP contribution < -0.4 is 14.8 Å². The quantitative estimate of drug-likeness (QED) is 0.343. The molecule has 0 bridgehead atoms. The van der Waals surface area contributed by atoms with Crippen LogP contribution >= 0.6 is 15.9 Å². The van der Waals surface area contributed by atoms with Gasteiger partial charge in [-0.2, -0.15) is 5.26 Å². The topological polar surface area (TPSA) is 109 Å².